The number of esters is 1. The molecular formula is C21H20ClN3O7. The zero-order valence-electron chi connectivity index (χ0n) is 17.3. The number of carbonyl (C=O) groups is 2. The zero-order chi connectivity index (χ0) is 23.4. The topological polar surface area (TPSA) is 131 Å². The van der Waals surface area contributed by atoms with Gasteiger partial charge in [-0.05, 0) is 18.6 Å². The van der Waals surface area contributed by atoms with E-state index in [1.54, 1.807) is 25.1 Å². The van der Waals surface area contributed by atoms with Crippen LogP contribution in [-0.4, -0.2) is 53.6 Å². The first-order chi connectivity index (χ1) is 15.2. The number of anilines is 1. The number of nitrogens with one attached hydrogen (secondary N) is 1. The van der Waals surface area contributed by atoms with Gasteiger partial charge in [0.15, 0.2) is 0 Å². The van der Waals surface area contributed by atoms with Crippen molar-refractivity contribution in [1.29, 1.82) is 0 Å². The van der Waals surface area contributed by atoms with Crippen LogP contribution in [0.3, 0.4) is 0 Å². The number of β-amino-alcohol motifs (C(OH)–C–C–N with tert-alkyl or cyclic N) is 1. The summed E-state index contributed by atoms with van der Waals surface area (Å²) in [5, 5.41) is 23.7. The van der Waals surface area contributed by atoms with Gasteiger partial charge in [0.25, 0.3) is 11.6 Å². The molecule has 2 aromatic carbocycles. The molecule has 10 nitrogen and oxygen atoms in total. The highest BCUT2D eigenvalue weighted by Crippen LogP contribution is 2.36. The lowest BCUT2D eigenvalue weighted by Crippen LogP contribution is -2.31. The van der Waals surface area contributed by atoms with Crippen molar-refractivity contribution in [3.05, 3.63) is 68.4 Å². The van der Waals surface area contributed by atoms with E-state index in [1.165, 1.54) is 30.2 Å². The van der Waals surface area contributed by atoms with Gasteiger partial charge in [-0.15, -0.1) is 0 Å². The number of non-ortho nitro benzene ring substituents is 1. The molecule has 0 atom stereocenters. The molecule has 0 saturated carbocycles. The Morgan fingerprint density at radius 2 is 2.09 bits per heavy atom. The van der Waals surface area contributed by atoms with Gasteiger partial charge in [-0.1, -0.05) is 23.7 Å². The van der Waals surface area contributed by atoms with E-state index < -0.39 is 16.8 Å². The van der Waals surface area contributed by atoms with Crippen molar-refractivity contribution in [2.45, 2.75) is 6.92 Å². The summed E-state index contributed by atoms with van der Waals surface area (Å²) in [5.74, 6) is -0.831. The smallest absolute Gasteiger partial charge is 0.337 e. The summed E-state index contributed by atoms with van der Waals surface area (Å²) in [6.07, 6.45) is 0. The predicted molar refractivity (Wildman–Crippen MR) is 116 cm³/mol. The van der Waals surface area contributed by atoms with Crippen LogP contribution in [0.15, 0.2) is 47.7 Å². The summed E-state index contributed by atoms with van der Waals surface area (Å²) in [5.41, 5.74) is 0.523. The lowest BCUT2D eigenvalue weighted by molar-refractivity contribution is -0.384. The third-order valence-electron chi connectivity index (χ3n) is 4.71. The monoisotopic (exact) mass is 461 g/mol. The summed E-state index contributed by atoms with van der Waals surface area (Å²) in [6, 6.07) is 9.02. The first-order valence-corrected chi connectivity index (χ1v) is 9.84. The van der Waals surface area contributed by atoms with Crippen LogP contribution in [0.5, 0.6) is 11.5 Å². The van der Waals surface area contributed by atoms with Crippen LogP contribution in [0.2, 0.25) is 5.02 Å². The normalized spacial score (nSPS) is 13.4. The number of methoxy groups -OCH3 is 1. The van der Waals surface area contributed by atoms with E-state index >= 15 is 0 Å². The van der Waals surface area contributed by atoms with Crippen molar-refractivity contribution in [3.8, 4) is 11.5 Å². The Balaban J connectivity index is 2.00. The van der Waals surface area contributed by atoms with Crippen molar-refractivity contribution in [2.24, 2.45) is 0 Å². The SMILES string of the molecule is COC(=O)C1=C(Nc2cc(Oc3c(C)cccc3Cl)cc([N+](=O)[O-])c2)C(=O)N(CCO)C1. The molecule has 0 radical (unpaired) electrons. The number of ether oxygens (including phenoxy) is 2. The highest BCUT2D eigenvalue weighted by atomic mass is 35.5. The largest absolute Gasteiger partial charge is 0.466 e. The summed E-state index contributed by atoms with van der Waals surface area (Å²) in [4.78, 5) is 37.0. The highest BCUT2D eigenvalue weighted by molar-refractivity contribution is 6.32. The summed E-state index contributed by atoms with van der Waals surface area (Å²) in [7, 11) is 1.18. The number of rotatable bonds is 8. The Morgan fingerprint density at radius 1 is 1.34 bits per heavy atom. The number of para-hydroxylation sites is 1. The van der Waals surface area contributed by atoms with E-state index in [9.17, 15) is 24.8 Å². The number of hydrogen-bond acceptors (Lipinski definition) is 8. The first kappa shape index (κ1) is 23.0. The standard InChI is InChI=1S/C21H20ClN3O7/c1-12-4-3-5-17(22)19(12)32-15-9-13(8-14(10-15)25(29)30)23-18-16(21(28)31-2)11-24(6-7-26)20(18)27/h3-5,8-10,23,26H,6-7,11H2,1-2H3. The minimum absolute atomic E-state index is 0.0135. The molecule has 168 valence electrons. The molecule has 2 N–H and O–H groups in total. The Bertz CT molecular complexity index is 1100. The van der Waals surface area contributed by atoms with Gasteiger partial charge >= 0.3 is 5.97 Å². The Morgan fingerprint density at radius 3 is 2.72 bits per heavy atom. The van der Waals surface area contributed by atoms with Crippen LogP contribution in [0, 0.1) is 17.0 Å². The number of nitro benzene ring substituents is 1. The Labute approximate surface area is 188 Å². The number of amides is 1. The van der Waals surface area contributed by atoms with Gasteiger partial charge < -0.3 is 24.8 Å². The number of nitrogens with zero attached hydrogens (tertiary/aromatic N) is 2. The summed E-state index contributed by atoms with van der Waals surface area (Å²) >= 11 is 6.19. The van der Waals surface area contributed by atoms with Crippen molar-refractivity contribution in [1.82, 2.24) is 4.90 Å². The highest BCUT2D eigenvalue weighted by Gasteiger charge is 2.34. The maximum Gasteiger partial charge on any atom is 0.337 e. The molecule has 0 spiro atoms. The molecule has 0 bridgehead atoms. The first-order valence-electron chi connectivity index (χ1n) is 9.46. The van der Waals surface area contributed by atoms with E-state index in [0.717, 1.165) is 5.56 Å². The number of aliphatic hydroxyl groups excluding tert-OH is 1. The van der Waals surface area contributed by atoms with Gasteiger partial charge in [-0.2, -0.15) is 0 Å². The van der Waals surface area contributed by atoms with E-state index in [1.807, 2.05) is 0 Å². The van der Waals surface area contributed by atoms with Gasteiger partial charge in [0, 0.05) is 24.4 Å². The third kappa shape index (κ3) is 4.82. The molecule has 32 heavy (non-hydrogen) atoms. The lowest BCUT2D eigenvalue weighted by Gasteiger charge is -2.15. The van der Waals surface area contributed by atoms with Crippen LogP contribution in [0.1, 0.15) is 5.56 Å². The minimum Gasteiger partial charge on any atom is -0.466 e. The number of nitro groups is 1. The van der Waals surface area contributed by atoms with Gasteiger partial charge in [-0.3, -0.25) is 14.9 Å². The molecule has 1 amide bonds. The predicted octanol–water partition coefficient (Wildman–Crippen LogP) is 3.02. The number of carbonyl (C=O) groups excluding carboxylic acids is 2. The van der Waals surface area contributed by atoms with Crippen LogP contribution in [0.4, 0.5) is 11.4 Å². The molecular weight excluding hydrogens is 442 g/mol. The summed E-state index contributed by atoms with van der Waals surface area (Å²) in [6.45, 7) is 1.43. The average Bonchev–Trinajstić information content (AvgIpc) is 3.06. The molecule has 3 rings (SSSR count). The molecule has 11 heteroatoms. The van der Waals surface area contributed by atoms with Crippen molar-refractivity contribution >= 4 is 34.9 Å². The lowest BCUT2D eigenvalue weighted by atomic mass is 10.2. The van der Waals surface area contributed by atoms with Crippen LogP contribution < -0.4 is 10.1 Å². The zero-order valence-corrected chi connectivity index (χ0v) is 18.0. The Hall–Kier alpha value is -3.63. The number of aryl methyl sites for hydroxylation is 1. The van der Waals surface area contributed by atoms with Gasteiger partial charge in [0.2, 0.25) is 0 Å². The fourth-order valence-corrected chi connectivity index (χ4v) is 3.44. The molecule has 2 aromatic rings. The van der Waals surface area contributed by atoms with Crippen LogP contribution >= 0.6 is 11.6 Å². The second kappa shape index (κ2) is 9.67. The molecule has 0 saturated heterocycles. The number of halogens is 1. The maximum atomic E-state index is 12.7. The molecule has 0 aliphatic carbocycles. The second-order valence-corrected chi connectivity index (χ2v) is 7.29. The van der Waals surface area contributed by atoms with Gasteiger partial charge in [0.05, 0.1) is 41.8 Å². The maximum absolute atomic E-state index is 12.7. The number of aliphatic hydroxyl groups is 1. The van der Waals surface area contributed by atoms with Crippen molar-refractivity contribution in [2.75, 3.05) is 32.1 Å². The van der Waals surface area contributed by atoms with Gasteiger partial charge in [0.1, 0.15) is 17.2 Å². The van der Waals surface area contributed by atoms with Crippen LogP contribution in [-0.2, 0) is 14.3 Å². The second-order valence-electron chi connectivity index (χ2n) is 6.88. The molecule has 0 unspecified atom stereocenters. The molecule has 1 heterocycles. The molecule has 0 aromatic heterocycles. The average molecular weight is 462 g/mol. The quantitative estimate of drug-likeness (QED) is 0.348. The van der Waals surface area contributed by atoms with Crippen molar-refractivity contribution < 1.29 is 29.1 Å². The van der Waals surface area contributed by atoms with E-state index in [4.69, 9.17) is 21.1 Å². The van der Waals surface area contributed by atoms with E-state index in [0.29, 0.717) is 10.8 Å². The molecule has 0 fully saturated rings. The van der Waals surface area contributed by atoms with E-state index in [-0.39, 0.29) is 48.1 Å². The summed E-state index contributed by atoms with van der Waals surface area (Å²) < 4.78 is 10.5. The molecule has 1 aliphatic heterocycles. The Kier molecular flexibility index (Phi) is 6.96. The fourth-order valence-electron chi connectivity index (χ4n) is 3.18. The van der Waals surface area contributed by atoms with Crippen molar-refractivity contribution in [3.63, 3.8) is 0 Å². The molecule has 1 aliphatic rings. The minimum atomic E-state index is -0.727. The fraction of sp³-hybridized carbons (Fsp3) is 0.238. The number of benzene rings is 2. The number of hydrogen-bond donors (Lipinski definition) is 2. The third-order valence-corrected chi connectivity index (χ3v) is 5.01. The van der Waals surface area contributed by atoms with Gasteiger partial charge in [-0.25, -0.2) is 4.79 Å². The van der Waals surface area contributed by atoms with Crippen LogP contribution in [0.25, 0.3) is 0 Å². The van der Waals surface area contributed by atoms with E-state index in [2.05, 4.69) is 5.32 Å².